The topological polar surface area (TPSA) is 105 Å². The highest BCUT2D eigenvalue weighted by atomic mass is 16.5. The fourth-order valence-electron chi connectivity index (χ4n) is 2.70. The predicted molar refractivity (Wildman–Crippen MR) is 70.6 cm³/mol. The zero-order valence-corrected chi connectivity index (χ0v) is 12.0. The molecule has 0 saturated carbocycles. The summed E-state index contributed by atoms with van der Waals surface area (Å²) in [6.07, 6.45) is 1.01. The molecular weight excluding hydrogens is 280 g/mol. The van der Waals surface area contributed by atoms with E-state index in [0.717, 1.165) is 0 Å². The van der Waals surface area contributed by atoms with E-state index in [1.807, 2.05) is 0 Å². The number of carboxylic acids is 1. The molecule has 0 aromatic rings. The van der Waals surface area contributed by atoms with E-state index in [0.29, 0.717) is 26.2 Å². The lowest BCUT2D eigenvalue weighted by atomic mass is 9.90. The van der Waals surface area contributed by atoms with Crippen LogP contribution in [0.15, 0.2) is 0 Å². The highest BCUT2D eigenvalue weighted by Gasteiger charge is 2.43. The Labute approximate surface area is 122 Å². The van der Waals surface area contributed by atoms with Crippen molar-refractivity contribution in [2.24, 2.45) is 5.92 Å². The summed E-state index contributed by atoms with van der Waals surface area (Å²) in [4.78, 5) is 36.6. The zero-order valence-electron chi connectivity index (χ0n) is 12.0. The number of methoxy groups -OCH3 is 1. The van der Waals surface area contributed by atoms with Gasteiger partial charge in [0.1, 0.15) is 5.54 Å². The van der Waals surface area contributed by atoms with Crippen molar-refractivity contribution in [1.29, 1.82) is 0 Å². The molecule has 1 atom stereocenters. The van der Waals surface area contributed by atoms with Crippen LogP contribution in [0.4, 0.5) is 4.79 Å². The molecule has 0 aromatic carbocycles. The maximum atomic E-state index is 12.2. The van der Waals surface area contributed by atoms with E-state index in [1.165, 1.54) is 12.0 Å². The van der Waals surface area contributed by atoms with Crippen LogP contribution in [-0.2, 0) is 19.1 Å². The molecule has 8 nitrogen and oxygen atoms in total. The largest absolute Gasteiger partial charge is 0.480 e. The first-order chi connectivity index (χ1) is 9.98. The summed E-state index contributed by atoms with van der Waals surface area (Å²) in [5, 5.41) is 12.0. The Morgan fingerprint density at radius 1 is 1.33 bits per heavy atom. The number of esters is 1. The van der Waals surface area contributed by atoms with E-state index in [9.17, 15) is 19.5 Å². The Kier molecular flexibility index (Phi) is 4.66. The van der Waals surface area contributed by atoms with Crippen LogP contribution in [0.1, 0.15) is 19.3 Å². The van der Waals surface area contributed by atoms with Gasteiger partial charge in [-0.05, 0) is 6.42 Å². The summed E-state index contributed by atoms with van der Waals surface area (Å²) in [5.74, 6) is -1.73. The molecule has 0 aromatic heterocycles. The number of nitrogens with zero attached hydrogens (tertiary/aromatic N) is 1. The Balaban J connectivity index is 1.97. The number of nitrogens with one attached hydrogen (secondary N) is 1. The minimum absolute atomic E-state index is 0.238. The molecule has 2 N–H and O–H groups in total. The van der Waals surface area contributed by atoms with Gasteiger partial charge in [0.05, 0.1) is 13.0 Å². The lowest BCUT2D eigenvalue weighted by molar-refractivity contribution is -0.148. The van der Waals surface area contributed by atoms with Gasteiger partial charge in [-0.3, -0.25) is 4.79 Å². The molecule has 0 radical (unpaired) electrons. The number of carboxylic acid groups (broad SMARTS) is 1. The molecule has 0 aliphatic carbocycles. The first kappa shape index (κ1) is 15.6. The molecule has 21 heavy (non-hydrogen) atoms. The molecule has 8 heteroatoms. The van der Waals surface area contributed by atoms with Crippen LogP contribution in [-0.4, -0.2) is 66.9 Å². The van der Waals surface area contributed by atoms with Crippen LogP contribution in [0.5, 0.6) is 0 Å². The van der Waals surface area contributed by atoms with Gasteiger partial charge in [-0.15, -0.1) is 0 Å². The number of likely N-dealkylation sites (tertiary alicyclic amines) is 1. The van der Waals surface area contributed by atoms with Gasteiger partial charge >= 0.3 is 18.0 Å². The minimum Gasteiger partial charge on any atom is -0.480 e. The molecule has 0 spiro atoms. The third kappa shape index (κ3) is 3.26. The average molecular weight is 300 g/mol. The van der Waals surface area contributed by atoms with Crippen LogP contribution in [0.2, 0.25) is 0 Å². The predicted octanol–water partition coefficient (Wildman–Crippen LogP) is -0.175. The first-order valence-corrected chi connectivity index (χ1v) is 6.94. The van der Waals surface area contributed by atoms with Crippen molar-refractivity contribution in [2.75, 3.05) is 33.4 Å². The van der Waals surface area contributed by atoms with Gasteiger partial charge < -0.3 is 24.8 Å². The number of aliphatic carboxylic acids is 1. The molecule has 2 saturated heterocycles. The fraction of sp³-hybridized carbons (Fsp3) is 0.769. The number of carbonyl (C=O) groups excluding carboxylic acids is 2. The van der Waals surface area contributed by atoms with Crippen molar-refractivity contribution in [3.8, 4) is 0 Å². The Morgan fingerprint density at radius 3 is 2.57 bits per heavy atom. The second-order valence-corrected chi connectivity index (χ2v) is 5.38. The first-order valence-electron chi connectivity index (χ1n) is 6.94. The molecule has 1 unspecified atom stereocenters. The SMILES string of the molecule is COC(=O)C1CCN(C(=O)NC2(C(=O)O)CCOCC2)C1. The summed E-state index contributed by atoms with van der Waals surface area (Å²) in [7, 11) is 1.31. The molecule has 2 fully saturated rings. The number of hydrogen-bond donors (Lipinski definition) is 2. The summed E-state index contributed by atoms with van der Waals surface area (Å²) in [6.45, 7) is 1.28. The average Bonchev–Trinajstić information content (AvgIpc) is 2.97. The van der Waals surface area contributed by atoms with Crippen LogP contribution in [0.25, 0.3) is 0 Å². The van der Waals surface area contributed by atoms with Crippen LogP contribution in [0, 0.1) is 5.92 Å². The second-order valence-electron chi connectivity index (χ2n) is 5.38. The minimum atomic E-state index is -1.28. The van der Waals surface area contributed by atoms with Crippen LogP contribution in [0.3, 0.4) is 0 Å². The Bertz CT molecular complexity index is 432. The number of amides is 2. The third-order valence-electron chi connectivity index (χ3n) is 4.11. The van der Waals surface area contributed by atoms with Gasteiger partial charge in [0.2, 0.25) is 0 Å². The van der Waals surface area contributed by atoms with Crippen molar-refractivity contribution in [2.45, 2.75) is 24.8 Å². The van der Waals surface area contributed by atoms with Gasteiger partial charge in [-0.25, -0.2) is 9.59 Å². The highest BCUT2D eigenvalue weighted by molar-refractivity contribution is 5.87. The van der Waals surface area contributed by atoms with E-state index in [1.54, 1.807) is 0 Å². The lowest BCUT2D eigenvalue weighted by Gasteiger charge is -2.35. The molecule has 2 aliphatic heterocycles. The van der Waals surface area contributed by atoms with Crippen molar-refractivity contribution in [1.82, 2.24) is 10.2 Å². The number of rotatable bonds is 3. The lowest BCUT2D eigenvalue weighted by Crippen LogP contribution is -2.60. The van der Waals surface area contributed by atoms with Gasteiger partial charge in [0.15, 0.2) is 0 Å². The Morgan fingerprint density at radius 2 is 2.00 bits per heavy atom. The molecule has 2 rings (SSSR count). The van der Waals surface area contributed by atoms with Gasteiger partial charge in [0.25, 0.3) is 0 Å². The van der Waals surface area contributed by atoms with Gasteiger partial charge in [-0.1, -0.05) is 0 Å². The van der Waals surface area contributed by atoms with E-state index in [2.05, 4.69) is 10.1 Å². The second kappa shape index (κ2) is 6.30. The highest BCUT2D eigenvalue weighted by Crippen LogP contribution is 2.23. The van der Waals surface area contributed by atoms with Crippen molar-refractivity contribution < 1.29 is 29.0 Å². The summed E-state index contributed by atoms with van der Waals surface area (Å²) >= 11 is 0. The molecule has 0 bridgehead atoms. The fourth-order valence-corrected chi connectivity index (χ4v) is 2.70. The smallest absolute Gasteiger partial charge is 0.329 e. The summed E-state index contributed by atoms with van der Waals surface area (Å²) < 4.78 is 9.82. The van der Waals surface area contributed by atoms with E-state index in [4.69, 9.17) is 4.74 Å². The summed E-state index contributed by atoms with van der Waals surface area (Å²) in [5.41, 5.74) is -1.28. The molecular formula is C13H20N2O6. The van der Waals surface area contributed by atoms with Gasteiger partial charge in [-0.2, -0.15) is 0 Å². The van der Waals surface area contributed by atoms with Crippen molar-refractivity contribution >= 4 is 18.0 Å². The summed E-state index contributed by atoms with van der Waals surface area (Å²) in [6, 6.07) is -0.453. The van der Waals surface area contributed by atoms with Crippen molar-refractivity contribution in [3.05, 3.63) is 0 Å². The zero-order chi connectivity index (χ0) is 15.5. The van der Waals surface area contributed by atoms with E-state index >= 15 is 0 Å². The number of urea groups is 1. The van der Waals surface area contributed by atoms with Crippen LogP contribution < -0.4 is 5.32 Å². The number of ether oxygens (including phenoxy) is 2. The number of carbonyl (C=O) groups is 3. The molecule has 2 aliphatic rings. The third-order valence-corrected chi connectivity index (χ3v) is 4.11. The number of hydrogen-bond acceptors (Lipinski definition) is 5. The Hall–Kier alpha value is -1.83. The van der Waals surface area contributed by atoms with Gasteiger partial charge in [0, 0.05) is 39.1 Å². The molecule has 2 heterocycles. The standard InChI is InChI=1S/C13H20N2O6/c1-20-10(16)9-2-5-15(8-9)12(19)14-13(11(17)18)3-6-21-7-4-13/h9H,2-8H2,1H3,(H,14,19)(H,17,18). The van der Waals surface area contributed by atoms with Crippen LogP contribution >= 0.6 is 0 Å². The maximum absolute atomic E-state index is 12.2. The monoisotopic (exact) mass is 300 g/mol. The molecule has 2 amide bonds. The normalized spacial score (nSPS) is 24.4. The van der Waals surface area contributed by atoms with E-state index in [-0.39, 0.29) is 31.3 Å². The molecule has 118 valence electrons. The quantitative estimate of drug-likeness (QED) is 0.701. The van der Waals surface area contributed by atoms with Crippen molar-refractivity contribution in [3.63, 3.8) is 0 Å². The van der Waals surface area contributed by atoms with E-state index < -0.39 is 17.5 Å². The maximum Gasteiger partial charge on any atom is 0.329 e.